The maximum Gasteiger partial charge on any atom is 0.308 e. The molecule has 1 rings (SSSR count). The molecule has 0 aliphatic carbocycles. The Bertz CT molecular complexity index is 235. The third kappa shape index (κ3) is 2.92. The Labute approximate surface area is 90.6 Å². The molecular weight excluding hydrogens is 196 g/mol. The fourth-order valence-electron chi connectivity index (χ4n) is 1.62. The van der Waals surface area contributed by atoms with Crippen molar-refractivity contribution in [1.29, 1.82) is 0 Å². The molecule has 1 aliphatic heterocycles. The summed E-state index contributed by atoms with van der Waals surface area (Å²) in [6.45, 7) is 7.70. The molecule has 0 aromatic carbocycles. The zero-order valence-electron chi connectivity index (χ0n) is 9.82. The van der Waals surface area contributed by atoms with E-state index >= 15 is 0 Å². The molecule has 1 fully saturated rings. The van der Waals surface area contributed by atoms with Crippen LogP contribution in [0.15, 0.2) is 0 Å². The second kappa shape index (κ2) is 4.49. The predicted molar refractivity (Wildman–Crippen MR) is 55.4 cm³/mol. The van der Waals surface area contributed by atoms with Gasteiger partial charge in [-0.1, -0.05) is 13.8 Å². The summed E-state index contributed by atoms with van der Waals surface area (Å²) in [5, 5.41) is 9.78. The van der Waals surface area contributed by atoms with Gasteiger partial charge < -0.3 is 14.6 Å². The van der Waals surface area contributed by atoms with E-state index in [4.69, 9.17) is 9.47 Å². The Kier molecular flexibility index (Phi) is 3.73. The van der Waals surface area contributed by atoms with Crippen molar-refractivity contribution in [2.75, 3.05) is 6.61 Å². The van der Waals surface area contributed by atoms with Crippen molar-refractivity contribution in [3.63, 3.8) is 0 Å². The van der Waals surface area contributed by atoms with E-state index in [2.05, 4.69) is 0 Å². The third-order valence-electron chi connectivity index (χ3n) is 2.64. The molecule has 0 spiro atoms. The summed E-state index contributed by atoms with van der Waals surface area (Å²) in [6, 6.07) is 0. The van der Waals surface area contributed by atoms with Crippen LogP contribution in [0, 0.1) is 5.92 Å². The summed E-state index contributed by atoms with van der Waals surface area (Å²) in [5.41, 5.74) is -0.609. The number of esters is 1. The van der Waals surface area contributed by atoms with E-state index in [1.807, 2.05) is 13.8 Å². The first-order valence-electron chi connectivity index (χ1n) is 5.37. The van der Waals surface area contributed by atoms with Gasteiger partial charge in [0.25, 0.3) is 0 Å². The van der Waals surface area contributed by atoms with E-state index in [9.17, 15) is 9.90 Å². The van der Waals surface area contributed by atoms with Gasteiger partial charge in [-0.3, -0.25) is 4.79 Å². The van der Waals surface area contributed by atoms with Gasteiger partial charge in [0.2, 0.25) is 0 Å². The largest absolute Gasteiger partial charge is 0.456 e. The second-order valence-corrected chi connectivity index (χ2v) is 4.82. The van der Waals surface area contributed by atoms with E-state index in [1.165, 1.54) is 0 Å². The number of hydrogen-bond acceptors (Lipinski definition) is 4. The van der Waals surface area contributed by atoms with Crippen molar-refractivity contribution in [2.24, 2.45) is 5.92 Å². The van der Waals surface area contributed by atoms with E-state index in [1.54, 1.807) is 13.8 Å². The van der Waals surface area contributed by atoms with Crippen LogP contribution in [0.25, 0.3) is 0 Å². The van der Waals surface area contributed by atoms with Crippen LogP contribution in [0.3, 0.4) is 0 Å². The summed E-state index contributed by atoms with van der Waals surface area (Å²) < 4.78 is 10.8. The van der Waals surface area contributed by atoms with Gasteiger partial charge in [-0.15, -0.1) is 0 Å². The number of carbonyl (C=O) groups excluding carboxylic acids is 1. The fraction of sp³-hybridized carbons (Fsp3) is 0.909. The average molecular weight is 216 g/mol. The van der Waals surface area contributed by atoms with Gasteiger partial charge >= 0.3 is 5.97 Å². The molecule has 0 aromatic rings. The predicted octanol–water partition coefficient (Wildman–Crippen LogP) is 1.11. The molecule has 2 atom stereocenters. The van der Waals surface area contributed by atoms with Crippen LogP contribution >= 0.6 is 0 Å². The Morgan fingerprint density at radius 1 is 1.53 bits per heavy atom. The highest BCUT2D eigenvalue weighted by Crippen LogP contribution is 2.28. The molecule has 4 nitrogen and oxygen atoms in total. The van der Waals surface area contributed by atoms with Gasteiger partial charge in [0.15, 0.2) is 6.10 Å². The van der Waals surface area contributed by atoms with Crippen molar-refractivity contribution in [2.45, 2.75) is 51.9 Å². The Hall–Kier alpha value is -0.610. The molecule has 0 radical (unpaired) electrons. The van der Waals surface area contributed by atoms with Crippen LogP contribution in [-0.2, 0) is 14.3 Å². The molecular formula is C11H20O4. The first-order chi connectivity index (χ1) is 6.84. The standard InChI is InChI=1S/C11H20O4/c1-7(2)10(13)15-9-8(12)5-6-14-11(9,3)4/h7-9,12H,5-6H2,1-4H3/t8-,9+/m1/s1. The summed E-state index contributed by atoms with van der Waals surface area (Å²) in [6.07, 6.45) is -0.683. The minimum absolute atomic E-state index is 0.185. The summed E-state index contributed by atoms with van der Waals surface area (Å²) >= 11 is 0. The molecule has 15 heavy (non-hydrogen) atoms. The molecule has 0 amide bonds. The van der Waals surface area contributed by atoms with Gasteiger partial charge in [-0.2, -0.15) is 0 Å². The monoisotopic (exact) mass is 216 g/mol. The lowest BCUT2D eigenvalue weighted by Crippen LogP contribution is -2.53. The quantitative estimate of drug-likeness (QED) is 0.703. The Balaban J connectivity index is 2.67. The zero-order valence-corrected chi connectivity index (χ0v) is 9.82. The maximum absolute atomic E-state index is 11.5. The molecule has 1 aliphatic rings. The Morgan fingerprint density at radius 2 is 2.13 bits per heavy atom. The highest BCUT2D eigenvalue weighted by molar-refractivity contribution is 5.71. The number of hydrogen-bond donors (Lipinski definition) is 1. The number of carbonyl (C=O) groups is 1. The van der Waals surface area contributed by atoms with Crippen molar-refractivity contribution in [3.8, 4) is 0 Å². The molecule has 1 heterocycles. The lowest BCUT2D eigenvalue weighted by Gasteiger charge is -2.40. The average Bonchev–Trinajstić information content (AvgIpc) is 2.10. The first kappa shape index (κ1) is 12.5. The zero-order chi connectivity index (χ0) is 11.6. The maximum atomic E-state index is 11.5. The summed E-state index contributed by atoms with van der Waals surface area (Å²) in [5.74, 6) is -0.479. The van der Waals surface area contributed by atoms with E-state index < -0.39 is 17.8 Å². The summed E-state index contributed by atoms with van der Waals surface area (Å²) in [4.78, 5) is 11.5. The molecule has 0 aromatic heterocycles. The van der Waals surface area contributed by atoms with Crippen LogP contribution in [-0.4, -0.2) is 35.5 Å². The SMILES string of the molecule is CC(C)C(=O)O[C@H]1[C@H](O)CCOC1(C)C. The second-order valence-electron chi connectivity index (χ2n) is 4.82. The highest BCUT2D eigenvalue weighted by atomic mass is 16.6. The lowest BCUT2D eigenvalue weighted by atomic mass is 9.92. The number of ether oxygens (including phenoxy) is 2. The van der Waals surface area contributed by atoms with Crippen molar-refractivity contribution in [1.82, 2.24) is 0 Å². The normalized spacial score (nSPS) is 30.3. The Morgan fingerprint density at radius 3 is 2.60 bits per heavy atom. The molecule has 1 saturated heterocycles. The minimum Gasteiger partial charge on any atom is -0.456 e. The number of rotatable bonds is 2. The van der Waals surface area contributed by atoms with Gasteiger partial charge in [0.1, 0.15) is 5.60 Å². The third-order valence-corrected chi connectivity index (χ3v) is 2.64. The summed E-state index contributed by atoms with van der Waals surface area (Å²) in [7, 11) is 0. The first-order valence-corrected chi connectivity index (χ1v) is 5.37. The smallest absolute Gasteiger partial charge is 0.308 e. The fourth-order valence-corrected chi connectivity index (χ4v) is 1.62. The van der Waals surface area contributed by atoms with Crippen LogP contribution in [0.2, 0.25) is 0 Å². The van der Waals surface area contributed by atoms with Crippen LogP contribution in [0.5, 0.6) is 0 Å². The molecule has 0 saturated carbocycles. The van der Waals surface area contributed by atoms with Crippen LogP contribution < -0.4 is 0 Å². The van der Waals surface area contributed by atoms with Gasteiger partial charge in [0, 0.05) is 6.42 Å². The molecule has 88 valence electrons. The van der Waals surface area contributed by atoms with Crippen molar-refractivity contribution in [3.05, 3.63) is 0 Å². The van der Waals surface area contributed by atoms with Crippen molar-refractivity contribution < 1.29 is 19.4 Å². The van der Waals surface area contributed by atoms with E-state index in [0.29, 0.717) is 13.0 Å². The van der Waals surface area contributed by atoms with E-state index in [-0.39, 0.29) is 11.9 Å². The highest BCUT2D eigenvalue weighted by Gasteiger charge is 2.42. The molecule has 4 heteroatoms. The van der Waals surface area contributed by atoms with E-state index in [0.717, 1.165) is 0 Å². The molecule has 0 unspecified atom stereocenters. The topological polar surface area (TPSA) is 55.8 Å². The van der Waals surface area contributed by atoms with Gasteiger partial charge in [-0.05, 0) is 13.8 Å². The minimum atomic E-state index is -0.628. The molecule has 0 bridgehead atoms. The number of aliphatic hydroxyl groups excluding tert-OH is 1. The van der Waals surface area contributed by atoms with Gasteiger partial charge in [-0.25, -0.2) is 0 Å². The number of aliphatic hydroxyl groups is 1. The van der Waals surface area contributed by atoms with Crippen molar-refractivity contribution >= 4 is 5.97 Å². The van der Waals surface area contributed by atoms with Crippen LogP contribution in [0.4, 0.5) is 0 Å². The molecule has 1 N–H and O–H groups in total. The van der Waals surface area contributed by atoms with Gasteiger partial charge in [0.05, 0.1) is 18.6 Å². The lowest BCUT2D eigenvalue weighted by molar-refractivity contribution is -0.208. The van der Waals surface area contributed by atoms with Crippen LogP contribution in [0.1, 0.15) is 34.1 Å².